The first kappa shape index (κ1) is 26.6. The number of carbonyl (C=O) groups excluding carboxylic acids is 1. The molecule has 2 unspecified atom stereocenters. The Bertz CT molecular complexity index is 608. The molecule has 0 bridgehead atoms. The molecular weight excluding hydrogens is 424 g/mol. The zero-order chi connectivity index (χ0) is 23.7. The number of hydrogen-bond acceptors (Lipinski definition) is 7. The Kier molecular flexibility index (Phi) is 10.6. The lowest BCUT2D eigenvalue weighted by molar-refractivity contribution is -0.201. The zero-order valence-electron chi connectivity index (χ0n) is 20.7. The molecule has 1 aliphatic carbocycles. The average molecular weight is 469 g/mol. The van der Waals surface area contributed by atoms with Gasteiger partial charge in [0.15, 0.2) is 12.6 Å². The Labute approximate surface area is 199 Å². The number of carbonyl (C=O) groups is 1. The van der Waals surface area contributed by atoms with E-state index in [4.69, 9.17) is 23.7 Å². The van der Waals surface area contributed by atoms with Crippen molar-refractivity contribution >= 4 is 6.29 Å². The van der Waals surface area contributed by atoms with Gasteiger partial charge < -0.3 is 33.6 Å². The van der Waals surface area contributed by atoms with Gasteiger partial charge in [-0.15, -0.1) is 0 Å². The van der Waals surface area contributed by atoms with Crippen molar-refractivity contribution in [2.75, 3.05) is 19.8 Å². The van der Waals surface area contributed by atoms with Gasteiger partial charge in [0.25, 0.3) is 0 Å². The molecule has 0 radical (unpaired) electrons. The number of hydrogen-bond donors (Lipinski definition) is 1. The lowest BCUT2D eigenvalue weighted by Gasteiger charge is -2.34. The maximum Gasteiger partial charge on any atom is 0.199 e. The van der Waals surface area contributed by atoms with Gasteiger partial charge in [-0.25, -0.2) is 0 Å². The third kappa shape index (κ3) is 8.03. The smallest absolute Gasteiger partial charge is 0.199 e. The Morgan fingerprint density at radius 2 is 1.79 bits per heavy atom. The molecule has 0 aromatic carbocycles. The summed E-state index contributed by atoms with van der Waals surface area (Å²) < 4.78 is 30.6. The van der Waals surface area contributed by atoms with Gasteiger partial charge in [0.1, 0.15) is 12.0 Å². The van der Waals surface area contributed by atoms with Crippen LogP contribution in [0.15, 0.2) is 11.8 Å². The molecule has 190 valence electrons. The quantitative estimate of drug-likeness (QED) is 0.333. The Morgan fingerprint density at radius 3 is 2.39 bits per heavy atom. The average Bonchev–Trinajstić information content (AvgIpc) is 3.11. The van der Waals surface area contributed by atoms with Crippen molar-refractivity contribution in [2.45, 2.75) is 115 Å². The summed E-state index contributed by atoms with van der Waals surface area (Å²) in [5.41, 5.74) is -0.349. The first-order valence-corrected chi connectivity index (χ1v) is 12.9. The second-order valence-electron chi connectivity index (χ2n) is 10.2. The number of aliphatic hydroxyl groups excluding tert-OH is 1. The standard InChI is InChI=1S/C26H44O7/c1-4-15-31-26(2,3)13-11-21(32-23-9-5-7-16-29-23)25-19(12-14-27)20(28)18-22(25)33-24-10-6-8-17-30-24/h11,14,19-20,22-25,28H,4-10,12-13,15-18H2,1-3H3/t19-,20-,22-,23?,24?,25-/m1/s1. The summed E-state index contributed by atoms with van der Waals surface area (Å²) in [6.45, 7) is 8.32. The Balaban J connectivity index is 1.83. The maximum absolute atomic E-state index is 11.5. The highest BCUT2D eigenvalue weighted by Crippen LogP contribution is 2.43. The van der Waals surface area contributed by atoms with E-state index in [0.29, 0.717) is 32.7 Å². The number of rotatable bonds is 12. The number of aliphatic hydroxyl groups is 1. The SMILES string of the molecule is CCCOC(C)(C)CC=C(OC1CCCCO1)[C@H]1[C@H](CC=O)[C@H](O)C[C@H]1OC1CCCCO1. The molecule has 6 atom stereocenters. The fraction of sp³-hybridized carbons (Fsp3) is 0.885. The van der Waals surface area contributed by atoms with Crippen LogP contribution in [0.2, 0.25) is 0 Å². The monoisotopic (exact) mass is 468 g/mol. The van der Waals surface area contributed by atoms with Crippen LogP contribution in [0.4, 0.5) is 0 Å². The fourth-order valence-electron chi connectivity index (χ4n) is 5.04. The topological polar surface area (TPSA) is 83.5 Å². The van der Waals surface area contributed by atoms with Gasteiger partial charge in [-0.2, -0.15) is 0 Å². The number of ether oxygens (including phenoxy) is 5. The molecule has 2 aliphatic heterocycles. The van der Waals surface area contributed by atoms with Crippen molar-refractivity contribution in [3.63, 3.8) is 0 Å². The molecule has 7 heteroatoms. The van der Waals surface area contributed by atoms with E-state index in [9.17, 15) is 9.90 Å². The van der Waals surface area contributed by atoms with Gasteiger partial charge in [-0.1, -0.05) is 6.92 Å². The first-order chi connectivity index (χ1) is 15.9. The van der Waals surface area contributed by atoms with Gasteiger partial charge in [-0.05, 0) is 64.9 Å². The highest BCUT2D eigenvalue weighted by molar-refractivity contribution is 5.50. The predicted molar refractivity (Wildman–Crippen MR) is 124 cm³/mol. The van der Waals surface area contributed by atoms with Crippen molar-refractivity contribution in [1.29, 1.82) is 0 Å². The molecule has 3 rings (SSSR count). The van der Waals surface area contributed by atoms with Crippen molar-refractivity contribution in [3.05, 3.63) is 11.8 Å². The van der Waals surface area contributed by atoms with Crippen LogP contribution in [-0.2, 0) is 28.5 Å². The zero-order valence-corrected chi connectivity index (χ0v) is 20.7. The summed E-state index contributed by atoms with van der Waals surface area (Å²) in [7, 11) is 0. The second-order valence-corrected chi connectivity index (χ2v) is 10.2. The van der Waals surface area contributed by atoms with Crippen LogP contribution in [0.25, 0.3) is 0 Å². The molecule has 3 fully saturated rings. The van der Waals surface area contributed by atoms with E-state index in [-0.39, 0.29) is 42.5 Å². The van der Waals surface area contributed by atoms with Crippen LogP contribution in [-0.4, -0.2) is 61.6 Å². The van der Waals surface area contributed by atoms with Crippen LogP contribution in [0, 0.1) is 11.8 Å². The summed E-state index contributed by atoms with van der Waals surface area (Å²) >= 11 is 0. The fourth-order valence-corrected chi connectivity index (χ4v) is 5.04. The molecule has 0 aromatic heterocycles. The maximum atomic E-state index is 11.5. The molecule has 0 spiro atoms. The van der Waals surface area contributed by atoms with Crippen LogP contribution in [0.1, 0.15) is 85.0 Å². The van der Waals surface area contributed by atoms with Crippen LogP contribution >= 0.6 is 0 Å². The predicted octanol–water partition coefficient (Wildman–Crippen LogP) is 4.51. The van der Waals surface area contributed by atoms with Crippen LogP contribution in [0.3, 0.4) is 0 Å². The molecule has 3 aliphatic rings. The highest BCUT2D eigenvalue weighted by atomic mass is 16.7. The molecule has 0 aromatic rings. The molecule has 2 saturated heterocycles. The van der Waals surface area contributed by atoms with E-state index in [1.54, 1.807) is 0 Å². The lowest BCUT2D eigenvalue weighted by Crippen LogP contribution is -2.35. The summed E-state index contributed by atoms with van der Waals surface area (Å²) in [4.78, 5) is 11.5. The largest absolute Gasteiger partial charge is 0.469 e. The van der Waals surface area contributed by atoms with E-state index in [2.05, 4.69) is 26.8 Å². The van der Waals surface area contributed by atoms with Crippen molar-refractivity contribution in [1.82, 2.24) is 0 Å². The summed E-state index contributed by atoms with van der Waals surface area (Å²) in [6, 6.07) is 0. The van der Waals surface area contributed by atoms with E-state index < -0.39 is 6.10 Å². The van der Waals surface area contributed by atoms with E-state index >= 15 is 0 Å². The van der Waals surface area contributed by atoms with Gasteiger partial charge in [0.05, 0.1) is 24.4 Å². The third-order valence-corrected chi connectivity index (χ3v) is 6.89. The van der Waals surface area contributed by atoms with E-state index in [1.165, 1.54) is 0 Å². The minimum absolute atomic E-state index is 0.233. The van der Waals surface area contributed by atoms with Crippen molar-refractivity contribution < 1.29 is 33.6 Å². The highest BCUT2D eigenvalue weighted by Gasteiger charge is 2.47. The van der Waals surface area contributed by atoms with E-state index in [1.807, 2.05) is 0 Å². The lowest BCUT2D eigenvalue weighted by atomic mass is 9.88. The summed E-state index contributed by atoms with van der Waals surface area (Å²) in [5.74, 6) is 0.258. The van der Waals surface area contributed by atoms with Crippen molar-refractivity contribution in [3.8, 4) is 0 Å². The summed E-state index contributed by atoms with van der Waals surface area (Å²) in [6.07, 6.45) is 9.71. The molecular formula is C26H44O7. The summed E-state index contributed by atoms with van der Waals surface area (Å²) in [5, 5.41) is 10.9. The third-order valence-electron chi connectivity index (χ3n) is 6.89. The minimum atomic E-state index is -0.627. The second kappa shape index (κ2) is 13.2. The molecule has 7 nitrogen and oxygen atoms in total. The van der Waals surface area contributed by atoms with Gasteiger partial charge in [-0.3, -0.25) is 0 Å². The first-order valence-electron chi connectivity index (χ1n) is 12.9. The number of aldehydes is 1. The molecule has 2 heterocycles. The van der Waals surface area contributed by atoms with Crippen molar-refractivity contribution in [2.24, 2.45) is 11.8 Å². The molecule has 0 amide bonds. The Morgan fingerprint density at radius 1 is 1.09 bits per heavy atom. The minimum Gasteiger partial charge on any atom is -0.469 e. The van der Waals surface area contributed by atoms with Crippen LogP contribution < -0.4 is 0 Å². The van der Waals surface area contributed by atoms with E-state index in [0.717, 1.165) is 57.0 Å². The van der Waals surface area contributed by atoms with Gasteiger partial charge >= 0.3 is 0 Å². The Hall–Kier alpha value is -0.990. The van der Waals surface area contributed by atoms with Crippen LogP contribution in [0.5, 0.6) is 0 Å². The molecule has 1 N–H and O–H groups in total. The molecule has 33 heavy (non-hydrogen) atoms. The van der Waals surface area contributed by atoms with Gasteiger partial charge in [0, 0.05) is 44.3 Å². The normalized spacial score (nSPS) is 33.8. The van der Waals surface area contributed by atoms with Gasteiger partial charge in [0.2, 0.25) is 0 Å². The molecule has 1 saturated carbocycles.